The van der Waals surface area contributed by atoms with Gasteiger partial charge in [-0.05, 0) is 37.1 Å². The summed E-state index contributed by atoms with van der Waals surface area (Å²) in [5, 5.41) is -0.254. The summed E-state index contributed by atoms with van der Waals surface area (Å²) in [6.45, 7) is 2.89. The first-order valence-corrected chi connectivity index (χ1v) is 11.6. The van der Waals surface area contributed by atoms with Crippen molar-refractivity contribution in [2.75, 3.05) is 18.0 Å². The highest BCUT2D eigenvalue weighted by atomic mass is 32.2. The average molecular weight is 413 g/mol. The fourth-order valence-corrected chi connectivity index (χ4v) is 5.69. The molecule has 1 aromatic rings. The van der Waals surface area contributed by atoms with E-state index in [1.807, 2.05) is 31.2 Å². The Labute approximate surface area is 176 Å². The van der Waals surface area contributed by atoms with Gasteiger partial charge in [-0.2, -0.15) is 0 Å². The van der Waals surface area contributed by atoms with E-state index < -0.39 is 0 Å². The SMILES string of the molecule is CCN1C(=O)/C(=C2\SC(=O)N(CCCCC3CCCCC3)C2=O)c2ccccc21. The van der Waals surface area contributed by atoms with Crippen LogP contribution in [0.25, 0.3) is 5.57 Å². The minimum absolute atomic E-state index is 0.184. The van der Waals surface area contributed by atoms with Crippen molar-refractivity contribution in [2.24, 2.45) is 5.92 Å². The quantitative estimate of drug-likeness (QED) is 0.475. The molecule has 5 nitrogen and oxygen atoms in total. The van der Waals surface area contributed by atoms with Gasteiger partial charge in [0.05, 0.1) is 16.2 Å². The summed E-state index contributed by atoms with van der Waals surface area (Å²) in [4.78, 5) is 41.8. The van der Waals surface area contributed by atoms with Crippen molar-refractivity contribution in [2.45, 2.75) is 58.3 Å². The number of unbranched alkanes of at least 4 members (excludes halogenated alkanes) is 1. The maximum absolute atomic E-state index is 13.0. The van der Waals surface area contributed by atoms with Crippen molar-refractivity contribution in [1.29, 1.82) is 0 Å². The number of hydrogen-bond donors (Lipinski definition) is 0. The molecule has 0 bridgehead atoms. The predicted octanol–water partition coefficient (Wildman–Crippen LogP) is 5.21. The van der Waals surface area contributed by atoms with Crippen molar-refractivity contribution < 1.29 is 14.4 Å². The van der Waals surface area contributed by atoms with Crippen LogP contribution in [0.5, 0.6) is 0 Å². The van der Waals surface area contributed by atoms with Crippen LogP contribution in [0.2, 0.25) is 0 Å². The largest absolute Gasteiger partial charge is 0.308 e. The van der Waals surface area contributed by atoms with Gasteiger partial charge in [-0.15, -0.1) is 0 Å². The molecule has 154 valence electrons. The van der Waals surface area contributed by atoms with Crippen molar-refractivity contribution >= 4 is 40.1 Å². The van der Waals surface area contributed by atoms with Crippen LogP contribution in [0, 0.1) is 5.92 Å². The van der Waals surface area contributed by atoms with Crippen molar-refractivity contribution in [1.82, 2.24) is 4.90 Å². The summed E-state index contributed by atoms with van der Waals surface area (Å²) in [6, 6.07) is 7.49. The van der Waals surface area contributed by atoms with E-state index in [1.165, 1.54) is 43.4 Å². The van der Waals surface area contributed by atoms with Gasteiger partial charge < -0.3 is 4.90 Å². The number of amides is 3. The van der Waals surface area contributed by atoms with Gasteiger partial charge >= 0.3 is 0 Å². The molecule has 3 amide bonds. The molecule has 0 unspecified atom stereocenters. The topological polar surface area (TPSA) is 57.7 Å². The lowest BCUT2D eigenvalue weighted by Gasteiger charge is -2.21. The summed E-state index contributed by atoms with van der Waals surface area (Å²) in [7, 11) is 0. The second kappa shape index (κ2) is 8.74. The Hall–Kier alpha value is -2.08. The molecule has 0 spiro atoms. The number of benzene rings is 1. The van der Waals surface area contributed by atoms with Crippen LogP contribution in [0.15, 0.2) is 29.2 Å². The highest BCUT2D eigenvalue weighted by molar-refractivity contribution is 8.18. The van der Waals surface area contributed by atoms with E-state index >= 15 is 0 Å². The minimum Gasteiger partial charge on any atom is -0.308 e. The number of rotatable bonds is 6. The Balaban J connectivity index is 1.46. The summed E-state index contributed by atoms with van der Waals surface area (Å²) < 4.78 is 0. The first-order valence-electron chi connectivity index (χ1n) is 10.8. The number of nitrogens with zero attached hydrogens (tertiary/aromatic N) is 2. The molecule has 2 fully saturated rings. The van der Waals surface area contributed by atoms with E-state index in [4.69, 9.17) is 0 Å². The predicted molar refractivity (Wildman–Crippen MR) is 117 cm³/mol. The van der Waals surface area contributed by atoms with Gasteiger partial charge in [0.25, 0.3) is 17.1 Å². The van der Waals surface area contributed by atoms with Crippen LogP contribution in [0.1, 0.15) is 63.9 Å². The highest BCUT2D eigenvalue weighted by Crippen LogP contribution is 2.44. The Morgan fingerprint density at radius 2 is 1.72 bits per heavy atom. The lowest BCUT2D eigenvalue weighted by atomic mass is 9.86. The maximum Gasteiger partial charge on any atom is 0.293 e. The number of carbonyl (C=O) groups is 3. The molecule has 2 heterocycles. The average Bonchev–Trinajstić information content (AvgIpc) is 3.18. The standard InChI is InChI=1S/C23H28N2O3S/c1-2-24-18-14-7-6-13-17(18)19(21(24)26)20-22(27)25(23(28)29-20)15-9-8-12-16-10-4-3-5-11-16/h6-7,13-14,16H,2-5,8-12,15H2,1H3/b20-19-. The second-order valence-corrected chi connectivity index (χ2v) is 9.06. The third-order valence-electron chi connectivity index (χ3n) is 6.28. The second-order valence-electron chi connectivity index (χ2n) is 8.10. The van der Waals surface area contributed by atoms with Gasteiger partial charge in [0.2, 0.25) is 0 Å². The van der Waals surface area contributed by atoms with Crippen LogP contribution in [-0.2, 0) is 9.59 Å². The zero-order valence-corrected chi connectivity index (χ0v) is 17.8. The number of fused-ring (bicyclic) bond motifs is 1. The molecule has 1 aromatic carbocycles. The Morgan fingerprint density at radius 1 is 0.966 bits per heavy atom. The Kier molecular flexibility index (Phi) is 6.09. The number of likely N-dealkylation sites (N-methyl/N-ethyl adjacent to an activating group) is 1. The van der Waals surface area contributed by atoms with Gasteiger partial charge in [0.15, 0.2) is 0 Å². The molecule has 0 radical (unpaired) electrons. The molecule has 4 rings (SSSR count). The Bertz CT molecular complexity index is 857. The zero-order valence-electron chi connectivity index (χ0n) is 17.0. The van der Waals surface area contributed by atoms with Crippen LogP contribution in [-0.4, -0.2) is 35.0 Å². The molecular weight excluding hydrogens is 384 g/mol. The molecule has 2 aliphatic heterocycles. The molecule has 0 aromatic heterocycles. The summed E-state index contributed by atoms with van der Waals surface area (Å²) in [5.74, 6) is 0.318. The van der Waals surface area contributed by atoms with E-state index in [-0.39, 0.29) is 22.0 Å². The minimum atomic E-state index is -0.311. The molecule has 1 saturated heterocycles. The van der Waals surface area contributed by atoms with Crippen LogP contribution >= 0.6 is 11.8 Å². The van der Waals surface area contributed by atoms with Gasteiger partial charge in [-0.3, -0.25) is 19.3 Å². The first kappa shape index (κ1) is 20.2. The summed E-state index contributed by atoms with van der Waals surface area (Å²) in [5.41, 5.74) is 1.95. The van der Waals surface area contributed by atoms with Crippen LogP contribution in [0.3, 0.4) is 0 Å². The zero-order chi connectivity index (χ0) is 20.4. The van der Waals surface area contributed by atoms with E-state index in [0.29, 0.717) is 18.7 Å². The molecular formula is C23H28N2O3S. The summed E-state index contributed by atoms with van der Waals surface area (Å²) >= 11 is 0.915. The van der Waals surface area contributed by atoms with E-state index in [1.54, 1.807) is 4.90 Å². The lowest BCUT2D eigenvalue weighted by Crippen LogP contribution is -2.30. The first-order chi connectivity index (χ1) is 14.1. The molecule has 29 heavy (non-hydrogen) atoms. The van der Waals surface area contributed by atoms with Gasteiger partial charge in [-0.25, -0.2) is 0 Å². The van der Waals surface area contributed by atoms with E-state index in [9.17, 15) is 14.4 Å². The molecule has 0 atom stereocenters. The smallest absolute Gasteiger partial charge is 0.293 e. The highest BCUT2D eigenvalue weighted by Gasteiger charge is 2.42. The van der Waals surface area contributed by atoms with Crippen molar-refractivity contribution in [3.05, 3.63) is 34.7 Å². The number of anilines is 1. The van der Waals surface area contributed by atoms with Crippen LogP contribution < -0.4 is 4.90 Å². The van der Waals surface area contributed by atoms with Crippen molar-refractivity contribution in [3.63, 3.8) is 0 Å². The van der Waals surface area contributed by atoms with Crippen LogP contribution in [0.4, 0.5) is 10.5 Å². The molecule has 3 aliphatic rings. The molecule has 1 saturated carbocycles. The fraction of sp³-hybridized carbons (Fsp3) is 0.522. The normalized spacial score (nSPS) is 22.7. The number of hydrogen-bond acceptors (Lipinski definition) is 4. The third-order valence-corrected chi connectivity index (χ3v) is 7.26. The Morgan fingerprint density at radius 3 is 2.48 bits per heavy atom. The van der Waals surface area contributed by atoms with Gasteiger partial charge in [-0.1, -0.05) is 63.1 Å². The van der Waals surface area contributed by atoms with E-state index in [2.05, 4.69) is 0 Å². The fourth-order valence-electron chi connectivity index (χ4n) is 4.73. The number of carbonyl (C=O) groups excluding carboxylic acids is 3. The summed E-state index contributed by atoms with van der Waals surface area (Å²) in [6.07, 6.45) is 9.75. The van der Waals surface area contributed by atoms with Crippen molar-refractivity contribution in [3.8, 4) is 0 Å². The van der Waals surface area contributed by atoms with E-state index in [0.717, 1.165) is 41.8 Å². The third kappa shape index (κ3) is 3.87. The lowest BCUT2D eigenvalue weighted by molar-refractivity contribution is -0.123. The maximum atomic E-state index is 13.0. The van der Waals surface area contributed by atoms with Gasteiger partial charge in [0.1, 0.15) is 0 Å². The molecule has 0 N–H and O–H groups in total. The monoisotopic (exact) mass is 412 g/mol. The number of imide groups is 1. The van der Waals surface area contributed by atoms with Gasteiger partial charge in [0, 0.05) is 18.7 Å². The number of para-hydroxylation sites is 1. The molecule has 6 heteroatoms. The number of thioether (sulfide) groups is 1. The molecule has 1 aliphatic carbocycles.